The maximum absolute atomic E-state index is 9.78. The molecule has 0 saturated carbocycles. The van der Waals surface area contributed by atoms with Gasteiger partial charge >= 0.3 is 81.4 Å². The van der Waals surface area contributed by atoms with E-state index in [0.717, 1.165) is 0 Å². The first kappa shape index (κ1) is 18.6. The van der Waals surface area contributed by atoms with Crippen LogP contribution in [0.5, 0.6) is 0 Å². The van der Waals surface area contributed by atoms with E-state index in [2.05, 4.69) is 0 Å². The summed E-state index contributed by atoms with van der Waals surface area (Å²) in [7, 11) is 0. The van der Waals surface area contributed by atoms with Gasteiger partial charge in [-0.3, -0.25) is 0 Å². The number of carbonyl (C=O) groups is 1. The van der Waals surface area contributed by atoms with Gasteiger partial charge in [-0.25, -0.2) is 4.79 Å². The number of carboxylic acid groups (broad SMARTS) is 1. The first-order valence-corrected chi connectivity index (χ1v) is 2.29. The summed E-state index contributed by atoms with van der Waals surface area (Å²) in [6.07, 6.45) is -3.49. The number of aliphatic hydroxyl groups is 3. The predicted molar refractivity (Wildman–Crippen MR) is 43.8 cm³/mol. The zero-order valence-electron chi connectivity index (χ0n) is 4.56. The Kier molecular flexibility index (Phi) is 16.8. The molecule has 2 unspecified atom stereocenters. The monoisotopic (exact) mass is 220 g/mol. The van der Waals surface area contributed by atoms with Crippen LogP contribution in [0.4, 0.5) is 0 Å². The van der Waals surface area contributed by atoms with Crippen LogP contribution in [0.2, 0.25) is 0 Å². The van der Waals surface area contributed by atoms with Gasteiger partial charge in [0.15, 0.2) is 6.10 Å². The Hall–Kier alpha value is 1.87. The molecule has 0 aromatic rings. The van der Waals surface area contributed by atoms with Crippen LogP contribution in [0.1, 0.15) is 0 Å². The molecule has 0 aromatic heterocycles. The molecule has 62 valence electrons. The summed E-state index contributed by atoms with van der Waals surface area (Å²) in [5.41, 5.74) is 0. The molecular weight excluding hydrogens is 208 g/mol. The molecule has 0 radical (unpaired) electrons. The van der Waals surface area contributed by atoms with Crippen molar-refractivity contribution in [2.24, 2.45) is 0 Å². The van der Waals surface area contributed by atoms with Gasteiger partial charge in [0.2, 0.25) is 0 Å². The van der Waals surface area contributed by atoms with E-state index >= 15 is 0 Å². The molecule has 0 amide bonds. The molecule has 5 nitrogen and oxygen atoms in total. The van der Waals surface area contributed by atoms with Gasteiger partial charge in [0.05, 0.1) is 6.61 Å². The Morgan fingerprint density at radius 2 is 1.64 bits per heavy atom. The first-order valence-electron chi connectivity index (χ1n) is 2.29. The van der Waals surface area contributed by atoms with E-state index in [9.17, 15) is 4.79 Å². The minimum atomic E-state index is -1.89. The van der Waals surface area contributed by atoms with Crippen LogP contribution in [-0.2, 0) is 4.79 Å². The van der Waals surface area contributed by atoms with E-state index in [1.54, 1.807) is 0 Å². The normalized spacial score (nSPS) is 13.7. The Bertz CT molecular complexity index is 109. The Morgan fingerprint density at radius 1 is 1.27 bits per heavy atom. The van der Waals surface area contributed by atoms with Crippen LogP contribution in [0.15, 0.2) is 0 Å². The zero-order valence-corrected chi connectivity index (χ0v) is 4.56. The average Bonchev–Trinajstić information content (AvgIpc) is 1.84. The van der Waals surface area contributed by atoms with E-state index < -0.39 is 24.8 Å². The van der Waals surface area contributed by atoms with Crippen molar-refractivity contribution < 1.29 is 25.2 Å². The van der Waals surface area contributed by atoms with Crippen molar-refractivity contribution in [1.29, 1.82) is 0 Å². The molecule has 0 rings (SSSR count). The van der Waals surface area contributed by atoms with Crippen LogP contribution in [0, 0.1) is 0 Å². The third-order valence-corrected chi connectivity index (χ3v) is 0.805. The molecule has 0 aliphatic heterocycles. The van der Waals surface area contributed by atoms with Gasteiger partial charge in [-0.05, 0) is 0 Å². The van der Waals surface area contributed by atoms with Crippen LogP contribution in [-0.4, -0.2) is 121 Å². The van der Waals surface area contributed by atoms with Crippen LogP contribution >= 0.6 is 0 Å². The van der Waals surface area contributed by atoms with Crippen LogP contribution in [0.25, 0.3) is 0 Å². The Labute approximate surface area is 123 Å². The van der Waals surface area contributed by atoms with Gasteiger partial charge in [0.1, 0.15) is 6.10 Å². The molecule has 0 bridgehead atoms. The SMILES string of the molecule is O=C(O)C(O)C(O)CO.[CaH2].[CaH2]. The molecule has 2 atom stereocenters. The summed E-state index contributed by atoms with van der Waals surface area (Å²) < 4.78 is 0. The summed E-state index contributed by atoms with van der Waals surface area (Å²) in [5.74, 6) is -1.54. The van der Waals surface area contributed by atoms with Crippen molar-refractivity contribution in [3.05, 3.63) is 0 Å². The van der Waals surface area contributed by atoms with Crippen molar-refractivity contribution in [3.8, 4) is 0 Å². The summed E-state index contributed by atoms with van der Waals surface area (Å²) in [5, 5.41) is 32.8. The van der Waals surface area contributed by atoms with Crippen LogP contribution < -0.4 is 0 Å². The molecule has 11 heavy (non-hydrogen) atoms. The molecule has 0 aromatic carbocycles. The van der Waals surface area contributed by atoms with Gasteiger partial charge < -0.3 is 20.4 Å². The van der Waals surface area contributed by atoms with Crippen molar-refractivity contribution >= 4 is 81.4 Å². The molecule has 0 heterocycles. The van der Waals surface area contributed by atoms with Crippen molar-refractivity contribution in [1.82, 2.24) is 0 Å². The van der Waals surface area contributed by atoms with Gasteiger partial charge in [0.25, 0.3) is 0 Å². The van der Waals surface area contributed by atoms with E-state index in [-0.39, 0.29) is 75.5 Å². The fourth-order valence-corrected chi connectivity index (χ4v) is 0.264. The maximum atomic E-state index is 9.78. The second-order valence-electron chi connectivity index (χ2n) is 1.53. The number of rotatable bonds is 3. The van der Waals surface area contributed by atoms with Crippen molar-refractivity contribution in [3.63, 3.8) is 0 Å². The van der Waals surface area contributed by atoms with Crippen molar-refractivity contribution in [2.45, 2.75) is 12.2 Å². The van der Waals surface area contributed by atoms with E-state index in [4.69, 9.17) is 20.4 Å². The first-order chi connectivity index (χ1) is 4.09. The third-order valence-electron chi connectivity index (χ3n) is 0.805. The number of hydrogen-bond acceptors (Lipinski definition) is 4. The quantitative estimate of drug-likeness (QED) is 0.363. The number of hydrogen-bond donors (Lipinski definition) is 4. The van der Waals surface area contributed by atoms with Gasteiger partial charge in [-0.1, -0.05) is 0 Å². The fraction of sp³-hybridized carbons (Fsp3) is 0.750. The van der Waals surface area contributed by atoms with E-state index in [1.807, 2.05) is 0 Å². The standard InChI is InChI=1S/C4H8O5.2Ca.4H/c5-1-2(6)3(7)4(8)9;;;;;;/h2-3,5-7H,1H2,(H,8,9);;;;;;. The summed E-state index contributed by atoms with van der Waals surface area (Å²) in [6, 6.07) is 0. The molecule has 0 fully saturated rings. The molecule has 7 heteroatoms. The van der Waals surface area contributed by atoms with Crippen molar-refractivity contribution in [2.75, 3.05) is 6.61 Å². The predicted octanol–water partition coefficient (Wildman–Crippen LogP) is -4.05. The van der Waals surface area contributed by atoms with Crippen LogP contribution in [0.3, 0.4) is 0 Å². The number of carboxylic acids is 1. The summed E-state index contributed by atoms with van der Waals surface area (Å²) in [4.78, 5) is 9.78. The number of aliphatic hydroxyl groups excluding tert-OH is 3. The van der Waals surface area contributed by atoms with E-state index in [1.165, 1.54) is 0 Å². The topological polar surface area (TPSA) is 98.0 Å². The second kappa shape index (κ2) is 9.95. The van der Waals surface area contributed by atoms with Gasteiger partial charge in [-0.15, -0.1) is 0 Å². The summed E-state index contributed by atoms with van der Waals surface area (Å²) >= 11 is 0. The number of aliphatic carboxylic acids is 1. The average molecular weight is 220 g/mol. The van der Waals surface area contributed by atoms with Gasteiger partial charge in [-0.2, -0.15) is 0 Å². The molecule has 0 aliphatic rings. The Balaban J connectivity index is -0.000000320. The summed E-state index contributed by atoms with van der Waals surface area (Å²) in [6.45, 7) is -0.756. The van der Waals surface area contributed by atoms with Gasteiger partial charge in [0, 0.05) is 0 Å². The molecule has 4 N–H and O–H groups in total. The second-order valence-corrected chi connectivity index (χ2v) is 1.53. The fourth-order valence-electron chi connectivity index (χ4n) is 0.264. The zero-order chi connectivity index (χ0) is 7.44. The van der Waals surface area contributed by atoms with E-state index in [0.29, 0.717) is 0 Å². The molecule has 0 spiro atoms. The third kappa shape index (κ3) is 8.21. The molecule has 0 saturated heterocycles. The Morgan fingerprint density at radius 3 is 1.73 bits per heavy atom. The molecular formula is C4H12Ca2O5. The molecule has 0 aliphatic carbocycles. The minimum absolute atomic E-state index is 0.